The van der Waals surface area contributed by atoms with Crippen LogP contribution >= 0.6 is 0 Å². The molecule has 0 saturated heterocycles. The Bertz CT molecular complexity index is 1070. The van der Waals surface area contributed by atoms with Gasteiger partial charge in [0.1, 0.15) is 23.8 Å². The van der Waals surface area contributed by atoms with Crippen LogP contribution in [0.1, 0.15) is 16.7 Å². The van der Waals surface area contributed by atoms with Gasteiger partial charge in [-0.2, -0.15) is 0 Å². The van der Waals surface area contributed by atoms with E-state index in [0.717, 1.165) is 22.4 Å². The lowest BCUT2D eigenvalue weighted by molar-refractivity contribution is -0.136. The molecule has 0 amide bonds. The third kappa shape index (κ3) is 4.19. The highest BCUT2D eigenvalue weighted by Gasteiger charge is 2.26. The Labute approximate surface area is 168 Å². The van der Waals surface area contributed by atoms with Crippen molar-refractivity contribution in [2.24, 2.45) is 5.16 Å². The summed E-state index contributed by atoms with van der Waals surface area (Å²) in [6.45, 7) is 0.342. The van der Waals surface area contributed by atoms with E-state index in [1.807, 2.05) is 78.9 Å². The molecule has 0 fully saturated rings. The molecule has 144 valence electrons. The van der Waals surface area contributed by atoms with Gasteiger partial charge in [-0.05, 0) is 35.9 Å². The summed E-state index contributed by atoms with van der Waals surface area (Å²) >= 11 is 0. The van der Waals surface area contributed by atoms with Gasteiger partial charge in [0.25, 0.3) is 0 Å². The maximum Gasteiger partial charge on any atom is 0.368 e. The quantitative estimate of drug-likeness (QED) is 0.459. The van der Waals surface area contributed by atoms with Crippen LogP contribution in [0.5, 0.6) is 11.5 Å². The lowest BCUT2D eigenvalue weighted by Crippen LogP contribution is -2.07. The van der Waals surface area contributed by atoms with Crippen molar-refractivity contribution >= 4 is 17.8 Å². The number of rotatable bonds is 6. The minimum atomic E-state index is -0.471. The number of nitrogens with zero attached hydrogens (tertiary/aromatic N) is 1. The smallest absolute Gasteiger partial charge is 0.368 e. The molecule has 0 saturated carbocycles. The number of hydrogen-bond acceptors (Lipinski definition) is 5. The van der Waals surface area contributed by atoms with Crippen LogP contribution in [-0.4, -0.2) is 18.8 Å². The zero-order chi connectivity index (χ0) is 20.1. The maximum atomic E-state index is 12.2. The van der Waals surface area contributed by atoms with E-state index in [1.165, 1.54) is 0 Å². The fourth-order valence-electron chi connectivity index (χ4n) is 3.06. The Morgan fingerprint density at radius 3 is 2.41 bits per heavy atom. The van der Waals surface area contributed by atoms with Gasteiger partial charge in [0.05, 0.1) is 12.7 Å². The van der Waals surface area contributed by atoms with E-state index < -0.39 is 5.97 Å². The van der Waals surface area contributed by atoms with Gasteiger partial charge in [-0.15, -0.1) is 0 Å². The van der Waals surface area contributed by atoms with Gasteiger partial charge < -0.3 is 14.3 Å². The van der Waals surface area contributed by atoms with Crippen LogP contribution in [0.3, 0.4) is 0 Å². The minimum Gasteiger partial charge on any atom is -0.496 e. The van der Waals surface area contributed by atoms with E-state index in [2.05, 4.69) is 5.16 Å². The van der Waals surface area contributed by atoms with E-state index in [4.69, 9.17) is 14.3 Å². The maximum absolute atomic E-state index is 12.2. The Morgan fingerprint density at radius 2 is 1.69 bits per heavy atom. The molecule has 4 rings (SSSR count). The van der Waals surface area contributed by atoms with Gasteiger partial charge in [-0.1, -0.05) is 59.8 Å². The third-order valence-electron chi connectivity index (χ3n) is 4.50. The molecule has 1 heterocycles. The summed E-state index contributed by atoms with van der Waals surface area (Å²) in [5, 5.41) is 3.95. The molecule has 1 aliphatic heterocycles. The van der Waals surface area contributed by atoms with Crippen molar-refractivity contribution in [3.8, 4) is 11.5 Å². The second kappa shape index (κ2) is 8.44. The molecule has 0 spiro atoms. The first-order valence-electron chi connectivity index (χ1n) is 9.16. The number of carbonyl (C=O) groups is 1. The molecule has 3 aromatic carbocycles. The number of hydrogen-bond donors (Lipinski definition) is 0. The zero-order valence-corrected chi connectivity index (χ0v) is 15.9. The summed E-state index contributed by atoms with van der Waals surface area (Å²) in [6.07, 6.45) is 1.77. The number of para-hydroxylation sites is 1. The number of oxime groups is 1. The molecule has 5 heteroatoms. The second-order valence-electron chi connectivity index (χ2n) is 6.42. The Morgan fingerprint density at radius 1 is 0.966 bits per heavy atom. The molecule has 29 heavy (non-hydrogen) atoms. The topological polar surface area (TPSA) is 57.1 Å². The molecular weight excluding hydrogens is 366 g/mol. The fourth-order valence-corrected chi connectivity index (χ4v) is 3.06. The Balaban J connectivity index is 1.62. The highest BCUT2D eigenvalue weighted by atomic mass is 16.7. The summed E-state index contributed by atoms with van der Waals surface area (Å²) in [6, 6.07) is 24.7. The monoisotopic (exact) mass is 385 g/mol. The van der Waals surface area contributed by atoms with Crippen LogP contribution in [0.2, 0.25) is 0 Å². The molecular formula is C24H19NO4. The first kappa shape index (κ1) is 18.5. The minimum absolute atomic E-state index is 0.342. The van der Waals surface area contributed by atoms with Crippen LogP contribution in [0.4, 0.5) is 0 Å². The second-order valence-corrected chi connectivity index (χ2v) is 6.42. The summed E-state index contributed by atoms with van der Waals surface area (Å²) < 4.78 is 11.3. The van der Waals surface area contributed by atoms with E-state index in [0.29, 0.717) is 23.6 Å². The molecule has 0 N–H and O–H groups in total. The summed E-state index contributed by atoms with van der Waals surface area (Å²) in [5.41, 5.74) is 3.46. The number of ether oxygens (including phenoxy) is 2. The first-order valence-corrected chi connectivity index (χ1v) is 9.16. The van der Waals surface area contributed by atoms with Crippen molar-refractivity contribution in [1.29, 1.82) is 0 Å². The van der Waals surface area contributed by atoms with Gasteiger partial charge in [0.2, 0.25) is 0 Å². The van der Waals surface area contributed by atoms with Crippen molar-refractivity contribution in [2.75, 3.05) is 7.11 Å². The molecule has 0 bridgehead atoms. The Hall–Kier alpha value is -3.86. The highest BCUT2D eigenvalue weighted by molar-refractivity contribution is 6.31. The van der Waals surface area contributed by atoms with Crippen LogP contribution < -0.4 is 9.47 Å². The van der Waals surface area contributed by atoms with Crippen molar-refractivity contribution in [3.63, 3.8) is 0 Å². The van der Waals surface area contributed by atoms with Crippen LogP contribution in [0.15, 0.2) is 89.6 Å². The van der Waals surface area contributed by atoms with E-state index in [1.54, 1.807) is 13.2 Å². The SMILES string of the molecule is COc1ccc(/C=C2\C(=O)ON=C2c2ccccc2)cc1COc1ccccc1. The van der Waals surface area contributed by atoms with Crippen LogP contribution in [0.25, 0.3) is 6.08 Å². The third-order valence-corrected chi connectivity index (χ3v) is 4.50. The molecule has 0 unspecified atom stereocenters. The average molecular weight is 385 g/mol. The zero-order valence-electron chi connectivity index (χ0n) is 15.9. The van der Waals surface area contributed by atoms with Gasteiger partial charge in [-0.25, -0.2) is 4.79 Å². The molecule has 3 aromatic rings. The highest BCUT2D eigenvalue weighted by Crippen LogP contribution is 2.26. The molecule has 1 aliphatic rings. The molecule has 0 atom stereocenters. The van der Waals surface area contributed by atoms with E-state index in [-0.39, 0.29) is 0 Å². The van der Waals surface area contributed by atoms with Gasteiger partial charge in [0.15, 0.2) is 0 Å². The van der Waals surface area contributed by atoms with Gasteiger partial charge in [0, 0.05) is 11.1 Å². The molecule has 0 aromatic heterocycles. The molecule has 0 radical (unpaired) electrons. The first-order chi connectivity index (χ1) is 14.2. The van der Waals surface area contributed by atoms with Gasteiger partial charge >= 0.3 is 5.97 Å². The number of methoxy groups -OCH3 is 1. The Kier molecular flexibility index (Phi) is 5.38. The van der Waals surface area contributed by atoms with Crippen LogP contribution in [0, 0.1) is 0 Å². The molecule has 0 aliphatic carbocycles. The largest absolute Gasteiger partial charge is 0.496 e. The predicted molar refractivity (Wildman–Crippen MR) is 111 cm³/mol. The van der Waals surface area contributed by atoms with Gasteiger partial charge in [-0.3, -0.25) is 0 Å². The van der Waals surface area contributed by atoms with E-state index >= 15 is 0 Å². The fraction of sp³-hybridized carbons (Fsp3) is 0.0833. The standard InChI is InChI=1S/C24H19NO4/c1-27-22-13-12-17(14-19(22)16-28-20-10-6-3-7-11-20)15-21-23(25-29-24(21)26)18-8-4-2-5-9-18/h2-15H,16H2,1H3/b21-15-. The predicted octanol–water partition coefficient (Wildman–Crippen LogP) is 4.62. The number of carbonyl (C=O) groups excluding carboxylic acids is 1. The average Bonchev–Trinajstić information content (AvgIpc) is 3.14. The summed E-state index contributed by atoms with van der Waals surface area (Å²) in [5.74, 6) is 1.02. The lowest BCUT2D eigenvalue weighted by atomic mass is 10.00. The lowest BCUT2D eigenvalue weighted by Gasteiger charge is -2.11. The van der Waals surface area contributed by atoms with Crippen molar-refractivity contribution < 1.29 is 19.1 Å². The van der Waals surface area contributed by atoms with Crippen molar-refractivity contribution in [2.45, 2.75) is 6.61 Å². The van der Waals surface area contributed by atoms with Crippen molar-refractivity contribution in [1.82, 2.24) is 0 Å². The van der Waals surface area contributed by atoms with E-state index in [9.17, 15) is 4.79 Å². The summed E-state index contributed by atoms with van der Waals surface area (Å²) in [7, 11) is 1.62. The van der Waals surface area contributed by atoms with Crippen LogP contribution in [-0.2, 0) is 16.2 Å². The molecule has 5 nitrogen and oxygen atoms in total. The number of benzene rings is 3. The van der Waals surface area contributed by atoms with Crippen molar-refractivity contribution in [3.05, 3.63) is 101 Å². The summed E-state index contributed by atoms with van der Waals surface area (Å²) in [4.78, 5) is 17.1. The normalized spacial score (nSPS) is 14.4.